The maximum atomic E-state index is 17.1. The topological polar surface area (TPSA) is 95.9 Å². The molecule has 0 saturated carbocycles. The number of hydrogen-bond donors (Lipinski definition) is 2. The summed E-state index contributed by atoms with van der Waals surface area (Å²) in [7, 11) is 0. The number of nitrogens with zero attached hydrogens (tertiary/aromatic N) is 5. The molecule has 0 aliphatic carbocycles. The quantitative estimate of drug-likeness (QED) is 0.313. The Kier molecular flexibility index (Phi) is 6.31. The lowest BCUT2D eigenvalue weighted by Gasteiger charge is -2.43. The zero-order valence-corrected chi connectivity index (χ0v) is 25.3. The number of fused-ring (bicyclic) bond motifs is 7. The fraction of sp³-hybridized carbons (Fsp3) is 0.457. The number of alkyl halides is 1. The number of hydrogen-bond acceptors (Lipinski definition) is 9. The number of anilines is 1. The molecule has 2 aromatic heterocycles. The first-order valence-electron chi connectivity index (χ1n) is 16.2. The highest BCUT2D eigenvalue weighted by Crippen LogP contribution is 2.45. The number of halogens is 2. The molecule has 236 valence electrons. The van der Waals surface area contributed by atoms with Gasteiger partial charge in [-0.05, 0) is 55.8 Å². The van der Waals surface area contributed by atoms with Gasteiger partial charge in [0.1, 0.15) is 40.9 Å². The molecule has 0 radical (unpaired) electrons. The summed E-state index contributed by atoms with van der Waals surface area (Å²) in [6.45, 7) is 2.55. The van der Waals surface area contributed by atoms with Crippen LogP contribution in [0.25, 0.3) is 32.9 Å². The summed E-state index contributed by atoms with van der Waals surface area (Å²) in [4.78, 5) is 18.8. The minimum absolute atomic E-state index is 0.0248. The third-order valence-corrected chi connectivity index (χ3v) is 10.8. The van der Waals surface area contributed by atoms with Crippen LogP contribution < -0.4 is 19.7 Å². The van der Waals surface area contributed by atoms with E-state index in [1.165, 1.54) is 6.07 Å². The van der Waals surface area contributed by atoms with Crippen LogP contribution >= 0.6 is 0 Å². The van der Waals surface area contributed by atoms with E-state index < -0.39 is 17.5 Å². The number of pyridine rings is 1. The van der Waals surface area contributed by atoms with Crippen molar-refractivity contribution < 1.29 is 23.4 Å². The first-order chi connectivity index (χ1) is 22.4. The van der Waals surface area contributed by atoms with Gasteiger partial charge in [0.05, 0.1) is 12.1 Å². The summed E-state index contributed by atoms with van der Waals surface area (Å²) in [5.74, 6) is 2.72. The summed E-state index contributed by atoms with van der Waals surface area (Å²) < 4.78 is 44.3. The second-order valence-corrected chi connectivity index (χ2v) is 13.4. The Morgan fingerprint density at radius 3 is 2.96 bits per heavy atom. The molecule has 46 heavy (non-hydrogen) atoms. The van der Waals surface area contributed by atoms with E-state index in [2.05, 4.69) is 26.0 Å². The lowest BCUT2D eigenvalue weighted by molar-refractivity contribution is 0.107. The predicted molar refractivity (Wildman–Crippen MR) is 170 cm³/mol. The SMILES string of the molecule is C#Cc1cccc2cc(O)cc(-c3nc4c5c(nc(OC[C@@]67CCCN6C[C@H](F)C7)nc5c3F)N3C[C@H]5CC[C@H](N5)[C@H]3CCO4)c12. The maximum Gasteiger partial charge on any atom is 0.319 e. The van der Waals surface area contributed by atoms with Crippen LogP contribution in [0.5, 0.6) is 17.6 Å². The van der Waals surface area contributed by atoms with E-state index in [4.69, 9.17) is 25.9 Å². The van der Waals surface area contributed by atoms with Crippen molar-refractivity contribution in [2.24, 2.45) is 0 Å². The minimum Gasteiger partial charge on any atom is -0.508 e. The fourth-order valence-electron chi connectivity index (χ4n) is 8.79. The molecule has 5 atom stereocenters. The van der Waals surface area contributed by atoms with Gasteiger partial charge >= 0.3 is 6.01 Å². The molecule has 2 aromatic carbocycles. The second kappa shape index (κ2) is 10.4. The lowest BCUT2D eigenvalue weighted by Crippen LogP contribution is -2.59. The maximum absolute atomic E-state index is 17.1. The number of rotatable bonds is 4. The Morgan fingerprint density at radius 2 is 2.07 bits per heavy atom. The Morgan fingerprint density at radius 1 is 1.15 bits per heavy atom. The van der Waals surface area contributed by atoms with Crippen molar-refractivity contribution in [1.29, 1.82) is 0 Å². The molecule has 2 N–H and O–H groups in total. The summed E-state index contributed by atoms with van der Waals surface area (Å²) >= 11 is 0. The van der Waals surface area contributed by atoms with E-state index in [-0.39, 0.29) is 47.5 Å². The number of nitrogens with one attached hydrogen (secondary N) is 1. The van der Waals surface area contributed by atoms with E-state index in [1.807, 2.05) is 6.07 Å². The molecular formula is C35H34F2N6O3. The van der Waals surface area contributed by atoms with Gasteiger partial charge in [-0.1, -0.05) is 18.1 Å². The van der Waals surface area contributed by atoms with Crippen molar-refractivity contribution in [3.05, 3.63) is 41.7 Å². The van der Waals surface area contributed by atoms with E-state index in [0.717, 1.165) is 38.6 Å². The van der Waals surface area contributed by atoms with E-state index >= 15 is 4.39 Å². The first-order valence-corrected chi connectivity index (χ1v) is 16.2. The van der Waals surface area contributed by atoms with Crippen LogP contribution in [-0.4, -0.2) is 87.6 Å². The number of piperazine rings is 1. The number of aromatic nitrogens is 3. The predicted octanol–water partition coefficient (Wildman–Crippen LogP) is 4.72. The second-order valence-electron chi connectivity index (χ2n) is 13.4. The van der Waals surface area contributed by atoms with Crippen LogP contribution in [0.3, 0.4) is 0 Å². The average Bonchev–Trinajstić information content (AvgIpc) is 3.72. The molecule has 0 spiro atoms. The Hall–Kier alpha value is -4.27. The fourth-order valence-corrected chi connectivity index (χ4v) is 8.79. The van der Waals surface area contributed by atoms with Crippen LogP contribution in [-0.2, 0) is 0 Å². The van der Waals surface area contributed by atoms with Crippen molar-refractivity contribution in [2.75, 3.05) is 37.7 Å². The van der Waals surface area contributed by atoms with Crippen molar-refractivity contribution in [1.82, 2.24) is 25.2 Å². The Balaban J connectivity index is 1.25. The van der Waals surface area contributed by atoms with Gasteiger partial charge in [0.25, 0.3) is 0 Å². The number of benzene rings is 2. The third kappa shape index (κ3) is 4.23. The molecule has 0 amide bonds. The zero-order valence-electron chi connectivity index (χ0n) is 25.3. The minimum atomic E-state index is -0.900. The highest BCUT2D eigenvalue weighted by Gasteiger charge is 2.50. The number of terminal acetylenes is 1. The van der Waals surface area contributed by atoms with Crippen LogP contribution in [0.15, 0.2) is 30.3 Å². The Labute approximate surface area is 264 Å². The first kappa shape index (κ1) is 28.0. The largest absolute Gasteiger partial charge is 0.508 e. The summed E-state index contributed by atoms with van der Waals surface area (Å²) in [5.41, 5.74) is 0.466. The molecule has 7 heterocycles. The smallest absolute Gasteiger partial charge is 0.319 e. The standard InChI is InChI=1S/C35H34F2N6O3/c1-2-19-5-3-6-20-13-23(44)14-24(27(19)20)30-29(37)31-28-32(41-34(40-31)46-18-35-10-4-11-42(35)16-21(36)15-35)43-17-22-7-8-25(38-22)26(43)9-12-45-33(28)39-30/h1,3,5-6,13-14,21-22,25-26,38,44H,4,7-12,15-18H2/t21-,22-,25+,26-,35+/m1/s1. The number of aromatic hydroxyl groups is 1. The van der Waals surface area contributed by atoms with Crippen molar-refractivity contribution in [3.63, 3.8) is 0 Å². The van der Waals surface area contributed by atoms with Gasteiger partial charge < -0.3 is 24.8 Å². The zero-order chi connectivity index (χ0) is 31.2. The van der Waals surface area contributed by atoms with Crippen molar-refractivity contribution in [2.45, 2.75) is 68.4 Å². The molecule has 9 nitrogen and oxygen atoms in total. The van der Waals surface area contributed by atoms with Crippen LogP contribution in [0.1, 0.15) is 44.1 Å². The molecule has 2 bridgehead atoms. The molecule has 0 unspecified atom stereocenters. The van der Waals surface area contributed by atoms with Gasteiger partial charge in [-0.15, -0.1) is 6.42 Å². The summed E-state index contributed by atoms with van der Waals surface area (Å²) in [5, 5.41) is 16.1. The van der Waals surface area contributed by atoms with Gasteiger partial charge in [0.15, 0.2) is 5.82 Å². The van der Waals surface area contributed by atoms with Gasteiger partial charge in [-0.2, -0.15) is 9.97 Å². The normalized spacial score (nSPS) is 28.4. The molecule has 4 aromatic rings. The van der Waals surface area contributed by atoms with E-state index in [1.54, 1.807) is 18.2 Å². The molecular weight excluding hydrogens is 590 g/mol. The molecule has 11 heteroatoms. The molecule has 9 rings (SSSR count). The van der Waals surface area contributed by atoms with Crippen molar-refractivity contribution >= 4 is 27.5 Å². The molecule has 5 aliphatic heterocycles. The highest BCUT2D eigenvalue weighted by molar-refractivity contribution is 6.04. The number of phenols is 1. The van der Waals surface area contributed by atoms with Gasteiger partial charge in [0, 0.05) is 60.6 Å². The van der Waals surface area contributed by atoms with Crippen LogP contribution in [0.4, 0.5) is 14.6 Å². The summed E-state index contributed by atoms with van der Waals surface area (Å²) in [6.07, 6.45) is 10.0. The number of phenolic OH excluding ortho intramolecular Hbond substituents is 1. The Bertz CT molecular complexity index is 1950. The molecule has 5 aliphatic rings. The average molecular weight is 625 g/mol. The monoisotopic (exact) mass is 624 g/mol. The van der Waals surface area contributed by atoms with Gasteiger partial charge in [0.2, 0.25) is 5.88 Å². The third-order valence-electron chi connectivity index (χ3n) is 10.8. The van der Waals surface area contributed by atoms with Crippen LogP contribution in [0, 0.1) is 18.2 Å². The molecule has 4 saturated heterocycles. The molecule has 4 fully saturated rings. The number of ether oxygens (including phenoxy) is 2. The van der Waals surface area contributed by atoms with Crippen molar-refractivity contribution in [3.8, 4) is 41.2 Å². The van der Waals surface area contributed by atoms with Gasteiger partial charge in [-0.25, -0.2) is 13.8 Å². The van der Waals surface area contributed by atoms with E-state index in [9.17, 15) is 9.50 Å². The highest BCUT2D eigenvalue weighted by atomic mass is 19.1. The van der Waals surface area contributed by atoms with Crippen LogP contribution in [0.2, 0.25) is 0 Å². The lowest BCUT2D eigenvalue weighted by atomic mass is 9.95. The summed E-state index contributed by atoms with van der Waals surface area (Å²) in [6, 6.07) is 9.16. The van der Waals surface area contributed by atoms with Gasteiger partial charge in [-0.3, -0.25) is 4.90 Å². The van der Waals surface area contributed by atoms with E-state index in [0.29, 0.717) is 65.3 Å².